The molecule has 25 heavy (non-hydrogen) atoms. The van der Waals surface area contributed by atoms with Gasteiger partial charge in [-0.2, -0.15) is 5.26 Å². The normalized spacial score (nSPS) is 10.3. The molecule has 2 aromatic carbocycles. The molecule has 1 N–H and O–H groups in total. The monoisotopic (exact) mass is 333 g/mol. The molecule has 0 aliphatic carbocycles. The quantitative estimate of drug-likeness (QED) is 0.796. The number of nitriles is 1. The Morgan fingerprint density at radius 1 is 1.20 bits per heavy atom. The van der Waals surface area contributed by atoms with Gasteiger partial charge in [0, 0.05) is 24.2 Å². The number of benzene rings is 2. The molecule has 124 valence electrons. The summed E-state index contributed by atoms with van der Waals surface area (Å²) < 4.78 is 6.64. The largest absolute Gasteiger partial charge is 0.497 e. The second-order valence-corrected chi connectivity index (χ2v) is 5.46. The van der Waals surface area contributed by atoms with Gasteiger partial charge in [-0.05, 0) is 36.4 Å². The molecular weight excluding hydrogens is 318 g/mol. The number of amides is 1. The van der Waals surface area contributed by atoms with Crippen molar-refractivity contribution in [1.82, 2.24) is 4.57 Å². The van der Waals surface area contributed by atoms with Gasteiger partial charge in [0.25, 0.3) is 5.91 Å². The Bertz CT molecular complexity index is 1030. The summed E-state index contributed by atoms with van der Waals surface area (Å²) in [5, 5.41) is 12.3. The van der Waals surface area contributed by atoms with E-state index in [1.807, 2.05) is 6.07 Å². The third-order valence-corrected chi connectivity index (χ3v) is 3.85. The van der Waals surface area contributed by atoms with Crippen LogP contribution in [0.3, 0.4) is 0 Å². The van der Waals surface area contributed by atoms with E-state index in [2.05, 4.69) is 5.32 Å². The highest BCUT2D eigenvalue weighted by Gasteiger charge is 2.18. The van der Waals surface area contributed by atoms with Crippen LogP contribution in [0.4, 0.5) is 5.69 Å². The van der Waals surface area contributed by atoms with Gasteiger partial charge in [0.1, 0.15) is 5.75 Å². The molecule has 0 spiro atoms. The standard InChI is InChI=1S/C19H15N3O3/c1-12(23)22-11-17(16-9-15(25-2)6-7-18(16)22)19(24)21-14-5-3-4-13(8-14)10-20/h3-9,11H,1-2H3,(H,21,24). The van der Waals surface area contributed by atoms with Crippen LogP contribution in [0.5, 0.6) is 5.75 Å². The Morgan fingerprint density at radius 3 is 2.68 bits per heavy atom. The van der Waals surface area contributed by atoms with Gasteiger partial charge >= 0.3 is 0 Å². The van der Waals surface area contributed by atoms with Gasteiger partial charge in [0.2, 0.25) is 5.91 Å². The summed E-state index contributed by atoms with van der Waals surface area (Å²) in [5.41, 5.74) is 1.94. The van der Waals surface area contributed by atoms with Crippen molar-refractivity contribution in [2.24, 2.45) is 0 Å². The van der Waals surface area contributed by atoms with Crippen LogP contribution in [-0.4, -0.2) is 23.5 Å². The number of anilines is 1. The maximum absolute atomic E-state index is 12.7. The maximum Gasteiger partial charge on any atom is 0.257 e. The molecule has 3 rings (SSSR count). The second-order valence-electron chi connectivity index (χ2n) is 5.46. The van der Waals surface area contributed by atoms with Crippen molar-refractivity contribution >= 4 is 28.4 Å². The lowest BCUT2D eigenvalue weighted by molar-refractivity contribution is 0.0941. The van der Waals surface area contributed by atoms with E-state index in [4.69, 9.17) is 10.00 Å². The lowest BCUT2D eigenvalue weighted by Gasteiger charge is -2.05. The van der Waals surface area contributed by atoms with Crippen LogP contribution in [-0.2, 0) is 0 Å². The highest BCUT2D eigenvalue weighted by Crippen LogP contribution is 2.27. The number of fused-ring (bicyclic) bond motifs is 1. The van der Waals surface area contributed by atoms with Gasteiger partial charge in [0.05, 0.1) is 29.8 Å². The molecule has 1 aromatic heterocycles. The highest BCUT2D eigenvalue weighted by atomic mass is 16.5. The molecule has 0 unspecified atom stereocenters. The number of carbonyl (C=O) groups is 2. The summed E-state index contributed by atoms with van der Waals surface area (Å²) in [4.78, 5) is 24.6. The van der Waals surface area contributed by atoms with E-state index in [1.54, 1.807) is 42.5 Å². The first kappa shape index (κ1) is 16.3. The molecule has 6 nitrogen and oxygen atoms in total. The number of aromatic nitrogens is 1. The fourth-order valence-electron chi connectivity index (χ4n) is 2.64. The minimum Gasteiger partial charge on any atom is -0.497 e. The van der Waals surface area contributed by atoms with Crippen LogP contribution >= 0.6 is 0 Å². The molecule has 0 aliphatic heterocycles. The van der Waals surface area contributed by atoms with Crippen LogP contribution in [0, 0.1) is 11.3 Å². The first-order valence-corrected chi connectivity index (χ1v) is 7.55. The van der Waals surface area contributed by atoms with E-state index in [0.29, 0.717) is 33.5 Å². The zero-order valence-corrected chi connectivity index (χ0v) is 13.7. The van der Waals surface area contributed by atoms with Crippen molar-refractivity contribution in [2.45, 2.75) is 6.92 Å². The topological polar surface area (TPSA) is 84.1 Å². The van der Waals surface area contributed by atoms with Crippen LogP contribution in [0.2, 0.25) is 0 Å². The van der Waals surface area contributed by atoms with Crippen LogP contribution in [0.25, 0.3) is 10.9 Å². The molecule has 0 fully saturated rings. The first-order chi connectivity index (χ1) is 12.0. The van der Waals surface area contributed by atoms with Gasteiger partial charge < -0.3 is 10.1 Å². The molecule has 1 amide bonds. The summed E-state index contributed by atoms with van der Waals surface area (Å²) in [7, 11) is 1.54. The van der Waals surface area contributed by atoms with Crippen molar-refractivity contribution in [3.8, 4) is 11.8 Å². The summed E-state index contributed by atoms with van der Waals surface area (Å²) in [5.74, 6) is 0.0309. The number of methoxy groups -OCH3 is 1. The predicted octanol–water partition coefficient (Wildman–Crippen LogP) is 3.43. The van der Waals surface area contributed by atoms with Gasteiger partial charge in [-0.1, -0.05) is 6.07 Å². The Kier molecular flexibility index (Phi) is 4.23. The number of carbonyl (C=O) groups excluding carboxylic acids is 2. The molecule has 0 aliphatic rings. The molecule has 3 aromatic rings. The molecule has 0 radical (unpaired) electrons. The lowest BCUT2D eigenvalue weighted by Crippen LogP contribution is -2.12. The van der Waals surface area contributed by atoms with E-state index >= 15 is 0 Å². The summed E-state index contributed by atoms with van der Waals surface area (Å²) in [6.07, 6.45) is 1.51. The van der Waals surface area contributed by atoms with Gasteiger partial charge in [-0.15, -0.1) is 0 Å². The fraction of sp³-hybridized carbons (Fsp3) is 0.105. The Morgan fingerprint density at radius 2 is 2.00 bits per heavy atom. The van der Waals surface area contributed by atoms with E-state index < -0.39 is 0 Å². The van der Waals surface area contributed by atoms with Crippen LogP contribution in [0.15, 0.2) is 48.7 Å². The summed E-state index contributed by atoms with van der Waals surface area (Å²) in [6.45, 7) is 1.43. The average molecular weight is 333 g/mol. The molecule has 6 heteroatoms. The number of hydrogen-bond donors (Lipinski definition) is 1. The van der Waals surface area contributed by atoms with Crippen molar-refractivity contribution in [3.63, 3.8) is 0 Å². The first-order valence-electron chi connectivity index (χ1n) is 7.55. The highest BCUT2D eigenvalue weighted by molar-refractivity contribution is 6.14. The lowest BCUT2D eigenvalue weighted by atomic mass is 10.1. The number of nitrogens with one attached hydrogen (secondary N) is 1. The summed E-state index contributed by atoms with van der Waals surface area (Å²) >= 11 is 0. The number of rotatable bonds is 3. The minimum atomic E-state index is -0.367. The van der Waals surface area contributed by atoms with Gasteiger partial charge in [0.15, 0.2) is 0 Å². The maximum atomic E-state index is 12.7. The molecule has 1 heterocycles. The molecular formula is C19H15N3O3. The number of nitrogens with zero attached hydrogens (tertiary/aromatic N) is 2. The Labute approximate surface area is 144 Å². The van der Waals surface area contributed by atoms with Gasteiger partial charge in [-0.25, -0.2) is 0 Å². The Hall–Kier alpha value is -3.59. The average Bonchev–Trinajstić information content (AvgIpc) is 3.00. The molecule has 0 saturated heterocycles. The zero-order chi connectivity index (χ0) is 18.0. The second kappa shape index (κ2) is 6.49. The molecule has 0 saturated carbocycles. The van der Waals surface area contributed by atoms with E-state index in [-0.39, 0.29) is 11.8 Å². The predicted molar refractivity (Wildman–Crippen MR) is 93.9 cm³/mol. The third-order valence-electron chi connectivity index (χ3n) is 3.85. The van der Waals surface area contributed by atoms with Crippen molar-refractivity contribution < 1.29 is 14.3 Å². The minimum absolute atomic E-state index is 0.194. The van der Waals surface area contributed by atoms with E-state index in [0.717, 1.165) is 0 Å². The fourth-order valence-corrected chi connectivity index (χ4v) is 2.64. The SMILES string of the molecule is COc1ccc2c(c1)c(C(=O)Nc1cccc(C#N)c1)cn2C(C)=O. The van der Waals surface area contributed by atoms with Crippen LogP contribution in [0.1, 0.15) is 27.6 Å². The number of hydrogen-bond acceptors (Lipinski definition) is 4. The Balaban J connectivity index is 2.05. The zero-order valence-electron chi connectivity index (χ0n) is 13.7. The molecule has 0 bridgehead atoms. The van der Waals surface area contributed by atoms with Crippen molar-refractivity contribution in [1.29, 1.82) is 5.26 Å². The van der Waals surface area contributed by atoms with E-state index in [1.165, 1.54) is 24.8 Å². The van der Waals surface area contributed by atoms with Crippen molar-refractivity contribution in [2.75, 3.05) is 12.4 Å². The smallest absolute Gasteiger partial charge is 0.257 e. The number of ether oxygens (including phenoxy) is 1. The third kappa shape index (κ3) is 3.08. The van der Waals surface area contributed by atoms with E-state index in [9.17, 15) is 9.59 Å². The van der Waals surface area contributed by atoms with Crippen molar-refractivity contribution in [3.05, 3.63) is 59.8 Å². The molecule has 0 atom stereocenters. The van der Waals surface area contributed by atoms with Crippen LogP contribution < -0.4 is 10.1 Å². The van der Waals surface area contributed by atoms with Gasteiger partial charge in [-0.3, -0.25) is 14.2 Å². The summed E-state index contributed by atoms with van der Waals surface area (Å²) in [6, 6.07) is 13.8.